The molecule has 2 heterocycles. The van der Waals surface area contributed by atoms with Crippen LogP contribution in [0.25, 0.3) is 0 Å². The van der Waals surface area contributed by atoms with E-state index in [0.717, 1.165) is 25.0 Å². The minimum Gasteiger partial charge on any atom is -0.493 e. The van der Waals surface area contributed by atoms with Gasteiger partial charge in [-0.25, -0.2) is 14.4 Å². The van der Waals surface area contributed by atoms with Gasteiger partial charge in [-0.2, -0.15) is 13.2 Å². The van der Waals surface area contributed by atoms with Crippen LogP contribution in [0, 0.1) is 0 Å². The highest BCUT2D eigenvalue weighted by molar-refractivity contribution is 5.88. The molecule has 1 saturated heterocycles. The van der Waals surface area contributed by atoms with Crippen LogP contribution < -0.4 is 9.47 Å². The third-order valence-corrected chi connectivity index (χ3v) is 8.36. The van der Waals surface area contributed by atoms with Crippen LogP contribution in [0.3, 0.4) is 0 Å². The number of methoxy groups -OCH3 is 1. The number of hydrogen-bond donors (Lipinski definition) is 3. The average Bonchev–Trinajstić information content (AvgIpc) is 3.29. The number of carbonyl (C=O) groups excluding carboxylic acids is 3. The molecule has 1 spiro atoms. The Bertz CT molecular complexity index is 1460. The van der Waals surface area contributed by atoms with Gasteiger partial charge >= 0.3 is 36.0 Å². The number of alkyl halides is 3. The molecule has 1 aromatic rings. The maximum absolute atomic E-state index is 13.3. The molecule has 45 heavy (non-hydrogen) atoms. The van der Waals surface area contributed by atoms with Crippen LogP contribution in [0.2, 0.25) is 0 Å². The zero-order valence-electron chi connectivity index (χ0n) is 24.4. The molecule has 0 radical (unpaired) electrons. The normalized spacial score (nSPS) is 27.2. The zero-order chi connectivity index (χ0) is 33.6. The number of ether oxygens (including phenoxy) is 5. The second kappa shape index (κ2) is 11.8. The summed E-state index contributed by atoms with van der Waals surface area (Å²) in [5.41, 5.74) is -0.404. The zero-order valence-corrected chi connectivity index (χ0v) is 24.4. The van der Waals surface area contributed by atoms with E-state index in [0.29, 0.717) is 30.9 Å². The average molecular weight is 646 g/mol. The summed E-state index contributed by atoms with van der Waals surface area (Å²) in [6, 6.07) is 3.52. The topological polar surface area (TPSA) is 195 Å². The van der Waals surface area contributed by atoms with Gasteiger partial charge < -0.3 is 43.9 Å². The first kappa shape index (κ1) is 33.5. The summed E-state index contributed by atoms with van der Waals surface area (Å²) in [7, 11) is 3.47. The summed E-state index contributed by atoms with van der Waals surface area (Å²) in [4.78, 5) is 59.3. The van der Waals surface area contributed by atoms with E-state index in [1.54, 1.807) is 12.1 Å². The van der Waals surface area contributed by atoms with Gasteiger partial charge in [-0.1, -0.05) is 6.07 Å². The summed E-state index contributed by atoms with van der Waals surface area (Å²) >= 11 is 0. The fraction of sp³-hybridized carbons (Fsp3) is 0.536. The molecule has 4 aliphatic rings. The van der Waals surface area contributed by atoms with Crippen molar-refractivity contribution in [2.45, 2.75) is 74.7 Å². The van der Waals surface area contributed by atoms with Crippen molar-refractivity contribution in [3.05, 3.63) is 35.1 Å². The van der Waals surface area contributed by atoms with E-state index in [4.69, 9.17) is 33.6 Å². The number of likely N-dealkylation sites (tertiary alicyclic amines) is 1. The quantitative estimate of drug-likeness (QED) is 0.282. The number of carbonyl (C=O) groups is 5. The summed E-state index contributed by atoms with van der Waals surface area (Å²) in [6.07, 6.45) is -7.47. The first-order valence-corrected chi connectivity index (χ1v) is 13.5. The van der Waals surface area contributed by atoms with E-state index >= 15 is 0 Å². The number of esters is 3. The van der Waals surface area contributed by atoms with E-state index in [2.05, 4.69) is 4.90 Å². The number of likely N-dealkylation sites (N-methyl/N-ethyl adjacent to an activating group) is 1. The molecule has 2 aliphatic heterocycles. The third kappa shape index (κ3) is 5.65. The number of carboxylic acids is 2. The molecule has 3 N–H and O–H groups in total. The fourth-order valence-electron chi connectivity index (χ4n) is 6.59. The molecule has 2 bridgehead atoms. The Balaban J connectivity index is 0.000000591. The lowest BCUT2D eigenvalue weighted by Crippen LogP contribution is -2.74. The van der Waals surface area contributed by atoms with E-state index in [1.807, 2.05) is 13.1 Å². The summed E-state index contributed by atoms with van der Waals surface area (Å²) in [6.45, 7) is 2.59. The lowest BCUT2D eigenvalue weighted by Gasteiger charge is -2.61. The molecule has 2 aliphatic carbocycles. The lowest BCUT2D eigenvalue weighted by atomic mass is 9.50. The largest absolute Gasteiger partial charge is 0.493 e. The van der Waals surface area contributed by atoms with Gasteiger partial charge in [0.1, 0.15) is 5.76 Å². The summed E-state index contributed by atoms with van der Waals surface area (Å²) in [5, 5.41) is 28.9. The van der Waals surface area contributed by atoms with Gasteiger partial charge in [-0.15, -0.1) is 0 Å². The molecule has 14 nitrogen and oxygen atoms in total. The number of piperidine rings is 1. The van der Waals surface area contributed by atoms with Crippen molar-refractivity contribution >= 4 is 29.8 Å². The SMILES string of the molecule is COc1ccc2c3c1O[C@H]1C(OC(=O)[C@@H](OC(C)=O)[C@H](OC(C)=O)C(=O)O)=CC[C@@]4(O)[C@@H](C2)N(C)CC[C@]314.O=C(O)C(F)(F)F. The third-order valence-electron chi connectivity index (χ3n) is 8.36. The molecule has 1 aromatic carbocycles. The van der Waals surface area contributed by atoms with Gasteiger partial charge in [0.25, 0.3) is 0 Å². The van der Waals surface area contributed by atoms with Crippen LogP contribution >= 0.6 is 0 Å². The van der Waals surface area contributed by atoms with Crippen molar-refractivity contribution in [1.29, 1.82) is 0 Å². The van der Waals surface area contributed by atoms with Crippen LogP contribution in [0.4, 0.5) is 13.2 Å². The van der Waals surface area contributed by atoms with E-state index in [1.165, 1.54) is 7.11 Å². The van der Waals surface area contributed by atoms with Gasteiger partial charge in [-0.05, 0) is 44.1 Å². The van der Waals surface area contributed by atoms with Crippen molar-refractivity contribution in [3.63, 3.8) is 0 Å². The predicted octanol–water partition coefficient (Wildman–Crippen LogP) is 1.10. The first-order chi connectivity index (χ1) is 20.9. The van der Waals surface area contributed by atoms with Crippen LogP contribution in [-0.4, -0.2) is 107 Å². The Morgan fingerprint density at radius 2 is 1.67 bits per heavy atom. The van der Waals surface area contributed by atoms with Gasteiger partial charge in [0.15, 0.2) is 17.6 Å². The monoisotopic (exact) mass is 645 g/mol. The smallest absolute Gasteiger partial charge is 0.490 e. The van der Waals surface area contributed by atoms with Gasteiger partial charge in [0.05, 0.1) is 18.1 Å². The lowest BCUT2D eigenvalue weighted by molar-refractivity contribution is -0.192. The Hall–Kier alpha value is -4.38. The Morgan fingerprint density at radius 3 is 2.20 bits per heavy atom. The highest BCUT2D eigenvalue weighted by Gasteiger charge is 2.72. The number of nitrogens with zero attached hydrogens (tertiary/aromatic N) is 1. The van der Waals surface area contributed by atoms with E-state index < -0.39 is 65.4 Å². The minimum absolute atomic E-state index is 0.0400. The van der Waals surface area contributed by atoms with Gasteiger partial charge in [-0.3, -0.25) is 9.59 Å². The first-order valence-electron chi connectivity index (χ1n) is 13.5. The van der Waals surface area contributed by atoms with Crippen LogP contribution in [0.1, 0.15) is 37.8 Å². The Kier molecular flexibility index (Phi) is 8.82. The van der Waals surface area contributed by atoms with Crippen LogP contribution in [0.15, 0.2) is 24.0 Å². The Morgan fingerprint density at radius 1 is 1.07 bits per heavy atom. The molecule has 0 amide bonds. The molecule has 0 unspecified atom stereocenters. The maximum Gasteiger partial charge on any atom is 0.490 e. The second-order valence-corrected chi connectivity index (χ2v) is 10.9. The summed E-state index contributed by atoms with van der Waals surface area (Å²) < 4.78 is 59.0. The van der Waals surface area contributed by atoms with E-state index in [9.17, 15) is 42.6 Å². The number of aliphatic carboxylic acids is 2. The van der Waals surface area contributed by atoms with Crippen molar-refractivity contribution in [1.82, 2.24) is 4.90 Å². The second-order valence-electron chi connectivity index (χ2n) is 10.9. The number of hydrogen-bond acceptors (Lipinski definition) is 12. The predicted molar refractivity (Wildman–Crippen MR) is 140 cm³/mol. The number of benzene rings is 1. The molecule has 246 valence electrons. The number of carboxylic acid groups (broad SMARTS) is 2. The number of aliphatic hydroxyl groups is 1. The van der Waals surface area contributed by atoms with Crippen LogP contribution in [-0.2, 0) is 50.0 Å². The standard InChI is InChI=1S/C26H29NO11.C2HF3O2/c1-12(28)35-20(23(30)31)21(36-13(2)29)24(32)37-16-7-8-26(33)17-11-14-5-6-15(34-4)19-18(14)25(26,22(16)38-19)9-10-27(17)3;3-2(4,5)1(6)7/h5-7,17,20-22,33H,8-11H2,1-4H3,(H,30,31);(H,6,7)/t17-,20+,21+,22+,25+,26-;/m1./s1. The molecule has 6 atom stereocenters. The molecule has 5 rings (SSSR count). The molecule has 17 heteroatoms. The highest BCUT2D eigenvalue weighted by Crippen LogP contribution is 2.65. The number of halogens is 3. The molecular weight excluding hydrogens is 615 g/mol. The highest BCUT2D eigenvalue weighted by atomic mass is 19.4. The molecule has 0 saturated carbocycles. The molecular formula is C28H30F3NO13. The van der Waals surface area contributed by atoms with Crippen molar-refractivity contribution < 1.29 is 76.1 Å². The Labute approximate surface area is 253 Å². The number of rotatable bonds is 7. The molecule has 0 aromatic heterocycles. The van der Waals surface area contributed by atoms with Gasteiger partial charge in [0.2, 0.25) is 12.2 Å². The van der Waals surface area contributed by atoms with Crippen LogP contribution in [0.5, 0.6) is 11.5 Å². The van der Waals surface area contributed by atoms with Gasteiger partial charge in [0, 0.05) is 31.9 Å². The maximum atomic E-state index is 13.3. The minimum atomic E-state index is -5.08. The molecule has 1 fully saturated rings. The van der Waals surface area contributed by atoms with E-state index in [-0.39, 0.29) is 18.2 Å². The van der Waals surface area contributed by atoms with Crippen molar-refractivity contribution in [2.24, 2.45) is 0 Å². The fourth-order valence-corrected chi connectivity index (χ4v) is 6.59. The van der Waals surface area contributed by atoms with Crippen molar-refractivity contribution in [3.8, 4) is 11.5 Å². The van der Waals surface area contributed by atoms with Crippen molar-refractivity contribution in [2.75, 3.05) is 20.7 Å². The summed E-state index contributed by atoms with van der Waals surface area (Å²) in [5.74, 6) is -6.70.